The molecule has 5 heteroatoms. The van der Waals surface area contributed by atoms with Crippen LogP contribution in [0.2, 0.25) is 0 Å². The van der Waals surface area contributed by atoms with Crippen LogP contribution in [-0.2, 0) is 11.3 Å². The van der Waals surface area contributed by atoms with Gasteiger partial charge in [0.1, 0.15) is 6.61 Å². The van der Waals surface area contributed by atoms with Crippen molar-refractivity contribution in [3.05, 3.63) is 23.1 Å². The third-order valence-electron chi connectivity index (χ3n) is 1.81. The monoisotopic (exact) mass is 183 g/mol. The summed E-state index contributed by atoms with van der Waals surface area (Å²) in [6.45, 7) is 0.0772. The van der Waals surface area contributed by atoms with E-state index in [4.69, 9.17) is 9.84 Å². The summed E-state index contributed by atoms with van der Waals surface area (Å²) in [4.78, 5) is 14.6. The first-order chi connectivity index (χ1) is 6.18. The van der Waals surface area contributed by atoms with E-state index in [2.05, 4.69) is 4.98 Å². The quantitative estimate of drug-likeness (QED) is 0.641. The Morgan fingerprint density at radius 3 is 3.08 bits per heavy atom. The van der Waals surface area contributed by atoms with E-state index in [1.54, 1.807) is 0 Å². The van der Waals surface area contributed by atoms with Crippen molar-refractivity contribution in [1.29, 1.82) is 0 Å². The Hall–Kier alpha value is -1.49. The molecule has 0 spiro atoms. The zero-order valence-corrected chi connectivity index (χ0v) is 6.58. The van der Waals surface area contributed by atoms with Crippen molar-refractivity contribution >= 4 is 5.78 Å². The van der Waals surface area contributed by atoms with Gasteiger partial charge in [-0.25, -0.2) is 9.37 Å². The van der Waals surface area contributed by atoms with E-state index < -0.39 is 11.7 Å². The fourth-order valence-electron chi connectivity index (χ4n) is 1.19. The van der Waals surface area contributed by atoms with Gasteiger partial charge >= 0.3 is 0 Å². The van der Waals surface area contributed by atoms with Crippen LogP contribution < -0.4 is 0 Å². The van der Waals surface area contributed by atoms with Crippen molar-refractivity contribution in [2.45, 2.75) is 6.61 Å². The van der Waals surface area contributed by atoms with Crippen molar-refractivity contribution in [2.75, 3.05) is 6.61 Å². The number of fused-ring (bicyclic) bond motifs is 1. The Morgan fingerprint density at radius 2 is 2.31 bits per heavy atom. The molecule has 0 unspecified atom stereocenters. The minimum Gasteiger partial charge on any atom is -0.491 e. The highest BCUT2D eigenvalue weighted by atomic mass is 19.1. The summed E-state index contributed by atoms with van der Waals surface area (Å²) in [6, 6.07) is 0.989. The SMILES string of the molecule is O=C1COCc2nc(O)c(F)cc21. The number of aromatic nitrogens is 1. The summed E-state index contributed by atoms with van der Waals surface area (Å²) in [5.74, 6) is -1.89. The van der Waals surface area contributed by atoms with Crippen molar-refractivity contribution in [1.82, 2.24) is 4.98 Å². The Labute approximate surface area is 73.0 Å². The van der Waals surface area contributed by atoms with Gasteiger partial charge in [0, 0.05) is 5.56 Å². The molecule has 0 fully saturated rings. The van der Waals surface area contributed by atoms with E-state index in [1.807, 2.05) is 0 Å². The van der Waals surface area contributed by atoms with Crippen molar-refractivity contribution in [3.8, 4) is 5.88 Å². The highest BCUT2D eigenvalue weighted by molar-refractivity contribution is 5.98. The Balaban J connectivity index is 2.58. The number of hydrogen-bond acceptors (Lipinski definition) is 4. The summed E-state index contributed by atoms with van der Waals surface area (Å²) in [6.07, 6.45) is 0. The van der Waals surface area contributed by atoms with Crippen LogP contribution in [0.25, 0.3) is 0 Å². The van der Waals surface area contributed by atoms with Gasteiger partial charge in [0.05, 0.1) is 12.3 Å². The molecule has 1 aromatic heterocycles. The maximum absolute atomic E-state index is 12.8. The summed E-state index contributed by atoms with van der Waals surface area (Å²) >= 11 is 0. The standard InChI is InChI=1S/C8H6FNO3/c9-5-1-4-6(10-8(5)12)2-13-3-7(4)11/h1H,2-3H2,(H,10,12). The molecular weight excluding hydrogens is 177 g/mol. The number of carbonyl (C=O) groups is 1. The van der Waals surface area contributed by atoms with Gasteiger partial charge in [0.2, 0.25) is 5.88 Å². The number of nitrogens with zero attached hydrogens (tertiary/aromatic N) is 1. The van der Waals surface area contributed by atoms with E-state index in [1.165, 1.54) is 0 Å². The first-order valence-corrected chi connectivity index (χ1v) is 3.68. The van der Waals surface area contributed by atoms with Gasteiger partial charge in [-0.3, -0.25) is 4.79 Å². The van der Waals surface area contributed by atoms with Crippen LogP contribution in [0.4, 0.5) is 4.39 Å². The zero-order chi connectivity index (χ0) is 9.42. The van der Waals surface area contributed by atoms with E-state index >= 15 is 0 Å². The number of pyridine rings is 1. The molecule has 1 aliphatic rings. The maximum Gasteiger partial charge on any atom is 0.248 e. The number of hydrogen-bond donors (Lipinski definition) is 1. The zero-order valence-electron chi connectivity index (χ0n) is 6.58. The second-order valence-corrected chi connectivity index (χ2v) is 2.70. The minimum atomic E-state index is -0.881. The molecule has 68 valence electrons. The number of Topliss-reactive ketones (excluding diaryl/α,β-unsaturated/α-hetero) is 1. The van der Waals surface area contributed by atoms with Crippen LogP contribution in [0.15, 0.2) is 6.07 Å². The first-order valence-electron chi connectivity index (χ1n) is 3.68. The fraction of sp³-hybridized carbons (Fsp3) is 0.250. The van der Waals surface area contributed by atoms with Crippen LogP contribution in [0.5, 0.6) is 5.88 Å². The molecule has 0 bridgehead atoms. The van der Waals surface area contributed by atoms with Crippen LogP contribution in [-0.4, -0.2) is 22.5 Å². The molecule has 4 nitrogen and oxygen atoms in total. The lowest BCUT2D eigenvalue weighted by molar-refractivity contribution is 0.0652. The number of carbonyl (C=O) groups excluding carboxylic acids is 1. The van der Waals surface area contributed by atoms with Crippen molar-refractivity contribution in [3.63, 3.8) is 0 Å². The van der Waals surface area contributed by atoms with Crippen molar-refractivity contribution < 1.29 is 19.0 Å². The van der Waals surface area contributed by atoms with Crippen molar-refractivity contribution in [2.24, 2.45) is 0 Å². The van der Waals surface area contributed by atoms with E-state index in [0.29, 0.717) is 0 Å². The van der Waals surface area contributed by atoms with Gasteiger partial charge in [-0.2, -0.15) is 0 Å². The number of ketones is 1. The number of rotatable bonds is 0. The maximum atomic E-state index is 12.8. The molecule has 1 N–H and O–H groups in total. The summed E-state index contributed by atoms with van der Waals surface area (Å²) < 4.78 is 17.6. The van der Waals surface area contributed by atoms with Crippen LogP contribution in [0, 0.1) is 5.82 Å². The lowest BCUT2D eigenvalue weighted by Crippen LogP contribution is -2.19. The van der Waals surface area contributed by atoms with Crippen LogP contribution in [0.3, 0.4) is 0 Å². The lowest BCUT2D eigenvalue weighted by Gasteiger charge is -2.14. The van der Waals surface area contributed by atoms with E-state index in [9.17, 15) is 9.18 Å². The average molecular weight is 183 g/mol. The Bertz CT molecular complexity index is 378. The topological polar surface area (TPSA) is 59.4 Å². The Kier molecular flexibility index (Phi) is 1.73. The van der Waals surface area contributed by atoms with Gasteiger partial charge in [-0.1, -0.05) is 0 Å². The molecular formula is C8H6FNO3. The normalized spacial score (nSPS) is 15.6. The molecule has 1 aliphatic heterocycles. The predicted molar refractivity (Wildman–Crippen MR) is 39.8 cm³/mol. The third kappa shape index (κ3) is 1.27. The molecule has 0 aliphatic carbocycles. The average Bonchev–Trinajstić information content (AvgIpc) is 2.09. The molecule has 0 radical (unpaired) electrons. The van der Waals surface area contributed by atoms with Crippen LogP contribution >= 0.6 is 0 Å². The largest absolute Gasteiger partial charge is 0.491 e. The van der Waals surface area contributed by atoms with E-state index in [-0.39, 0.29) is 30.3 Å². The fourth-order valence-corrected chi connectivity index (χ4v) is 1.19. The lowest BCUT2D eigenvalue weighted by atomic mass is 10.1. The molecule has 0 saturated carbocycles. The highest BCUT2D eigenvalue weighted by Crippen LogP contribution is 2.20. The van der Waals surface area contributed by atoms with Gasteiger partial charge in [-0.05, 0) is 6.07 Å². The summed E-state index contributed by atoms with van der Waals surface area (Å²) in [5.41, 5.74) is 0.483. The molecule has 2 heterocycles. The molecule has 1 aromatic rings. The van der Waals surface area contributed by atoms with Crippen LogP contribution in [0.1, 0.15) is 16.1 Å². The van der Waals surface area contributed by atoms with Gasteiger partial charge < -0.3 is 9.84 Å². The predicted octanol–water partition coefficient (Wildman–Crippen LogP) is 0.639. The molecule has 0 saturated heterocycles. The first kappa shape index (κ1) is 8.12. The minimum absolute atomic E-state index is 0.0567. The second kappa shape index (κ2) is 2.77. The molecule has 0 amide bonds. The second-order valence-electron chi connectivity index (χ2n) is 2.70. The highest BCUT2D eigenvalue weighted by Gasteiger charge is 2.21. The summed E-state index contributed by atoms with van der Waals surface area (Å²) in [5, 5.41) is 8.91. The Morgan fingerprint density at radius 1 is 1.54 bits per heavy atom. The molecule has 2 rings (SSSR count). The summed E-state index contributed by atoms with van der Waals surface area (Å²) in [7, 11) is 0. The third-order valence-corrected chi connectivity index (χ3v) is 1.81. The molecule has 0 atom stereocenters. The number of aromatic hydroxyl groups is 1. The van der Waals surface area contributed by atoms with Gasteiger partial charge in [0.15, 0.2) is 11.6 Å². The smallest absolute Gasteiger partial charge is 0.248 e. The van der Waals surface area contributed by atoms with Gasteiger partial charge in [-0.15, -0.1) is 0 Å². The number of halogens is 1. The van der Waals surface area contributed by atoms with Gasteiger partial charge in [0.25, 0.3) is 0 Å². The van der Waals surface area contributed by atoms with E-state index in [0.717, 1.165) is 6.07 Å². The number of ether oxygens (including phenoxy) is 1. The molecule has 13 heavy (non-hydrogen) atoms. The molecule has 0 aromatic carbocycles.